The van der Waals surface area contributed by atoms with Crippen molar-refractivity contribution in [2.75, 3.05) is 0 Å². The highest BCUT2D eigenvalue weighted by molar-refractivity contribution is 7.19. The molecule has 9 rings (SSSR count). The molecule has 0 spiro atoms. The van der Waals surface area contributed by atoms with Gasteiger partial charge in [0, 0.05) is 52.2 Å². The summed E-state index contributed by atoms with van der Waals surface area (Å²) in [7, 11) is 0. The Morgan fingerprint density at radius 1 is 0.403 bits per heavy atom. The molecule has 2 heterocycles. The number of halogens is 6. The van der Waals surface area contributed by atoms with E-state index in [4.69, 9.17) is 0 Å². The summed E-state index contributed by atoms with van der Waals surface area (Å²) in [4.78, 5) is 8.04. The van der Waals surface area contributed by atoms with E-state index < -0.39 is 28.9 Å². The van der Waals surface area contributed by atoms with Crippen LogP contribution >= 0.6 is 22.7 Å². The van der Waals surface area contributed by atoms with Gasteiger partial charge >= 0.3 is 29.2 Å². The standard InChI is InChI=1S/C65H62F6N4S2/c1-31-21-43(22-32(2)51(31)59(74-72)53-35(5)25-45(26-36(53)6)61(11,12)13)41-17-19-47-49(29-41)76-39(9)55(47)57-58(64(68,69)65(70,71)63(57,66)67)56-40(10)77-50-30-42(18-20-48(50)56)44-23-33(3)52(34(4)24-44)60(75-73)54-37(7)27-46(28-38(54)8)62(14,15)16/h17-30H,1-16H3. The maximum Gasteiger partial charge on any atom is 0.380 e. The van der Waals surface area contributed by atoms with Crippen molar-refractivity contribution in [3.63, 3.8) is 0 Å². The topological polar surface area (TPSA) is 72.8 Å². The third-order valence-corrected chi connectivity index (χ3v) is 17.7. The third kappa shape index (κ3) is 8.77. The number of fused-ring (bicyclic) bond motifs is 2. The minimum Gasteiger partial charge on any atom is -0.361 e. The molecule has 0 fully saturated rings. The lowest BCUT2D eigenvalue weighted by Crippen LogP contribution is -2.48. The van der Waals surface area contributed by atoms with E-state index in [1.165, 1.54) is 13.8 Å². The molecule has 0 aliphatic heterocycles. The zero-order valence-electron chi connectivity index (χ0n) is 46.5. The SMILES string of the molecule is Cc1cc(-c2ccc3c(C4=C(c5c(C)sc6cc(-c7cc(C)c(C(=[N+]=[N-])c8c(C)cc(C(C)(C)C)cc8C)c(C)c7)ccc56)C(F)(F)C(F)(F)C4(F)F)c(C)sc3c2)cc(C)c1C(=[N+]=[N-])c1c(C)cc(C(C)(C)C)cc1C. The summed E-state index contributed by atoms with van der Waals surface area (Å²) in [5.41, 5.74) is 33.9. The van der Waals surface area contributed by atoms with E-state index >= 15 is 26.3 Å². The molecule has 0 saturated heterocycles. The zero-order valence-corrected chi connectivity index (χ0v) is 48.1. The fourth-order valence-electron chi connectivity index (χ4n) is 11.8. The fourth-order valence-corrected chi connectivity index (χ4v) is 14.0. The summed E-state index contributed by atoms with van der Waals surface area (Å²) in [5, 5.41) is 0.327. The molecule has 0 N–H and O–H groups in total. The van der Waals surface area contributed by atoms with E-state index in [2.05, 4.69) is 75.4 Å². The lowest BCUT2D eigenvalue weighted by Gasteiger charge is -2.26. The summed E-state index contributed by atoms with van der Waals surface area (Å²) in [6.07, 6.45) is 0. The molecule has 0 bridgehead atoms. The molecule has 0 saturated carbocycles. The Labute approximate surface area is 455 Å². The predicted molar refractivity (Wildman–Crippen MR) is 307 cm³/mol. The molecule has 8 aromatic rings. The van der Waals surface area contributed by atoms with Crippen molar-refractivity contribution in [3.8, 4) is 22.3 Å². The first-order chi connectivity index (χ1) is 35.8. The van der Waals surface area contributed by atoms with E-state index in [0.29, 0.717) is 32.0 Å². The van der Waals surface area contributed by atoms with Crippen LogP contribution in [0.15, 0.2) is 84.9 Å². The third-order valence-electron chi connectivity index (χ3n) is 15.6. The normalized spacial score (nSPS) is 15.1. The van der Waals surface area contributed by atoms with Crippen LogP contribution in [0.2, 0.25) is 0 Å². The first-order valence-corrected chi connectivity index (χ1v) is 27.3. The van der Waals surface area contributed by atoms with Crippen molar-refractivity contribution < 1.29 is 35.9 Å². The van der Waals surface area contributed by atoms with E-state index in [0.717, 1.165) is 112 Å². The summed E-state index contributed by atoms with van der Waals surface area (Å²) in [5.74, 6) is -16.2. The van der Waals surface area contributed by atoms with Crippen LogP contribution in [0.5, 0.6) is 0 Å². The Hall–Kier alpha value is -6.68. The van der Waals surface area contributed by atoms with Gasteiger partial charge in [-0.1, -0.05) is 114 Å². The van der Waals surface area contributed by atoms with Gasteiger partial charge in [0.2, 0.25) is 0 Å². The van der Waals surface area contributed by atoms with Crippen molar-refractivity contribution in [2.24, 2.45) is 0 Å². The molecular formula is C65H62F6N4S2. The monoisotopic (exact) mass is 1080 g/mol. The predicted octanol–water partition coefficient (Wildman–Crippen LogP) is 19.1. The van der Waals surface area contributed by atoms with Gasteiger partial charge < -0.3 is 11.1 Å². The molecule has 6 aromatic carbocycles. The minimum absolute atomic E-state index is 0.0858. The maximum absolute atomic E-state index is 16.7. The second kappa shape index (κ2) is 18.8. The Balaban J connectivity index is 1.12. The molecule has 1 aliphatic rings. The van der Waals surface area contributed by atoms with Crippen LogP contribution in [0.4, 0.5) is 26.3 Å². The van der Waals surface area contributed by atoms with Gasteiger partial charge in [0.05, 0.1) is 22.3 Å². The van der Waals surface area contributed by atoms with Crippen LogP contribution in [0.25, 0.3) is 64.6 Å². The van der Waals surface area contributed by atoms with Crippen LogP contribution in [0, 0.1) is 69.2 Å². The highest BCUT2D eigenvalue weighted by atomic mass is 32.1. The summed E-state index contributed by atoms with van der Waals surface area (Å²) >= 11 is 2.17. The highest BCUT2D eigenvalue weighted by Crippen LogP contribution is 2.67. The number of benzene rings is 6. The van der Waals surface area contributed by atoms with Crippen molar-refractivity contribution in [2.45, 2.75) is 139 Å². The Morgan fingerprint density at radius 3 is 0.935 bits per heavy atom. The van der Waals surface area contributed by atoms with Crippen LogP contribution in [0.1, 0.15) is 140 Å². The van der Waals surface area contributed by atoms with Gasteiger partial charge in [-0.05, 0) is 170 Å². The van der Waals surface area contributed by atoms with Gasteiger partial charge in [-0.25, -0.2) is 0 Å². The van der Waals surface area contributed by atoms with Gasteiger partial charge in [0.15, 0.2) is 0 Å². The molecule has 0 radical (unpaired) electrons. The second-order valence-corrected chi connectivity index (χ2v) is 25.8. The lowest BCUT2D eigenvalue weighted by molar-refractivity contribution is -0.254. The Bertz CT molecular complexity index is 3640. The van der Waals surface area contributed by atoms with Crippen LogP contribution in [0.3, 0.4) is 0 Å². The molecule has 1 aliphatic carbocycles. The maximum atomic E-state index is 16.7. The number of allylic oxidation sites excluding steroid dienone is 2. The smallest absolute Gasteiger partial charge is 0.361 e. The number of hydrogen-bond acceptors (Lipinski definition) is 2. The average molecular weight is 1080 g/mol. The number of rotatable bonds is 8. The number of alkyl halides is 6. The van der Waals surface area contributed by atoms with Gasteiger partial charge in [-0.2, -0.15) is 35.9 Å². The highest BCUT2D eigenvalue weighted by Gasteiger charge is 2.80. The van der Waals surface area contributed by atoms with E-state index in [-0.39, 0.29) is 42.5 Å². The molecule has 0 atom stereocenters. The molecular weight excluding hydrogens is 1010 g/mol. The number of nitrogens with zero attached hydrogens (tertiary/aromatic N) is 4. The number of hydrogen-bond donors (Lipinski definition) is 0. The van der Waals surface area contributed by atoms with Gasteiger partial charge in [-0.15, -0.1) is 22.7 Å². The number of thiophene rings is 2. The first kappa shape index (κ1) is 55.1. The quantitative estimate of drug-likeness (QED) is 0.0629. The molecule has 0 amide bonds. The second-order valence-electron chi connectivity index (χ2n) is 23.3. The van der Waals surface area contributed by atoms with Crippen LogP contribution in [-0.2, 0) is 10.8 Å². The van der Waals surface area contributed by atoms with Crippen molar-refractivity contribution in [1.29, 1.82) is 0 Å². The molecule has 396 valence electrons. The molecule has 2 aromatic heterocycles. The summed E-state index contributed by atoms with van der Waals surface area (Å²) < 4.78 is 99.8. The van der Waals surface area contributed by atoms with Crippen LogP contribution < -0.4 is 0 Å². The Morgan fingerprint density at radius 2 is 0.675 bits per heavy atom. The van der Waals surface area contributed by atoms with Gasteiger partial charge in [0.1, 0.15) is 0 Å². The minimum atomic E-state index is -5.75. The molecule has 12 heteroatoms. The fraction of sp³-hybridized carbons (Fsp3) is 0.323. The Kier molecular flexibility index (Phi) is 13.4. The van der Waals surface area contributed by atoms with Gasteiger partial charge in [0.25, 0.3) is 0 Å². The largest absolute Gasteiger partial charge is 0.380 e. The summed E-state index contributed by atoms with van der Waals surface area (Å²) in [6, 6.07) is 26.3. The lowest BCUT2D eigenvalue weighted by atomic mass is 9.81. The first-order valence-electron chi connectivity index (χ1n) is 25.6. The summed E-state index contributed by atoms with van der Waals surface area (Å²) in [6.45, 7) is 31.6. The van der Waals surface area contributed by atoms with Crippen molar-refractivity contribution in [3.05, 3.63) is 195 Å². The average Bonchev–Trinajstić information content (AvgIpc) is 3.85. The van der Waals surface area contributed by atoms with Crippen molar-refractivity contribution in [1.82, 2.24) is 0 Å². The van der Waals surface area contributed by atoms with Crippen LogP contribution in [-0.4, -0.2) is 38.8 Å². The van der Waals surface area contributed by atoms with Gasteiger partial charge in [-0.3, -0.25) is 0 Å². The molecule has 77 heavy (non-hydrogen) atoms. The molecule has 0 unspecified atom stereocenters. The van der Waals surface area contributed by atoms with E-state index in [1.54, 1.807) is 36.4 Å². The molecule has 4 nitrogen and oxygen atoms in total. The number of aryl methyl sites for hydroxylation is 10. The van der Waals surface area contributed by atoms with Crippen molar-refractivity contribution >= 4 is 65.4 Å². The van der Waals surface area contributed by atoms with E-state index in [1.807, 2.05) is 79.7 Å². The zero-order chi connectivity index (χ0) is 56.5. The van der Waals surface area contributed by atoms with E-state index in [9.17, 15) is 11.1 Å².